The number of halogens is 5. The molecule has 0 radical (unpaired) electrons. The lowest BCUT2D eigenvalue weighted by molar-refractivity contribution is -0.593. The van der Waals surface area contributed by atoms with Gasteiger partial charge in [0, 0.05) is 28.6 Å². The lowest BCUT2D eigenvalue weighted by Crippen LogP contribution is -2.27. The summed E-state index contributed by atoms with van der Waals surface area (Å²) in [5.41, 5.74) is 4.21. The molecule has 3 heterocycles. The minimum atomic E-state index is -4.89. The zero-order valence-electron chi connectivity index (χ0n) is 19.0. The molecular formula is C26H14F5N5O2. The van der Waals surface area contributed by atoms with Gasteiger partial charge in [-0.15, -0.1) is 0 Å². The van der Waals surface area contributed by atoms with Crippen molar-refractivity contribution in [2.24, 2.45) is 0 Å². The molecule has 0 fully saturated rings. The van der Waals surface area contributed by atoms with Gasteiger partial charge in [0.1, 0.15) is 11.3 Å². The van der Waals surface area contributed by atoms with Crippen molar-refractivity contribution in [2.45, 2.75) is 6.18 Å². The minimum Gasteiger partial charge on any atom is -0.618 e. The number of nitrogen functional groups attached to an aromatic ring is 1. The molecule has 12 heteroatoms. The summed E-state index contributed by atoms with van der Waals surface area (Å²) < 4.78 is 79.1. The Hall–Kier alpha value is -5.00. The highest BCUT2D eigenvalue weighted by molar-refractivity contribution is 5.92. The number of alkyl halides is 3. The third kappa shape index (κ3) is 3.60. The average Bonchev–Trinajstić information content (AvgIpc) is 3.46. The first kappa shape index (κ1) is 23.4. The summed E-state index contributed by atoms with van der Waals surface area (Å²) in [5.74, 6) is -1.99. The van der Waals surface area contributed by atoms with Crippen molar-refractivity contribution in [2.75, 3.05) is 5.73 Å². The number of nitrogens with zero attached hydrogens (tertiary/aromatic N) is 4. The Balaban J connectivity index is 1.57. The van der Waals surface area contributed by atoms with Gasteiger partial charge in [-0.05, 0) is 42.5 Å². The molecule has 3 aromatic carbocycles. The van der Waals surface area contributed by atoms with Gasteiger partial charge in [0.05, 0.1) is 16.6 Å². The maximum atomic E-state index is 16.0. The zero-order chi connectivity index (χ0) is 26.8. The van der Waals surface area contributed by atoms with Gasteiger partial charge in [0.2, 0.25) is 5.69 Å². The molecule has 6 aromatic rings. The number of benzene rings is 3. The number of hydrogen-bond acceptors (Lipinski definition) is 5. The second kappa shape index (κ2) is 8.26. The Bertz CT molecular complexity index is 1880. The van der Waals surface area contributed by atoms with Crippen LogP contribution in [-0.2, 0) is 6.18 Å². The molecule has 190 valence electrons. The second-order valence-electron chi connectivity index (χ2n) is 8.44. The number of aromatic nitrogens is 4. The number of anilines is 1. The van der Waals surface area contributed by atoms with E-state index in [1.807, 2.05) is 0 Å². The van der Waals surface area contributed by atoms with Crippen LogP contribution in [0.4, 0.5) is 27.8 Å². The number of rotatable bonds is 3. The first-order valence-corrected chi connectivity index (χ1v) is 11.1. The summed E-state index contributed by atoms with van der Waals surface area (Å²) in [6.45, 7) is 0. The third-order valence-electron chi connectivity index (χ3n) is 6.16. The maximum Gasteiger partial charge on any atom is 0.435 e. The van der Waals surface area contributed by atoms with Crippen molar-refractivity contribution in [3.8, 4) is 28.1 Å². The van der Waals surface area contributed by atoms with E-state index in [1.54, 1.807) is 6.07 Å². The highest BCUT2D eigenvalue weighted by atomic mass is 19.4. The van der Waals surface area contributed by atoms with Crippen molar-refractivity contribution < 1.29 is 31.2 Å². The van der Waals surface area contributed by atoms with Gasteiger partial charge in [-0.3, -0.25) is 0 Å². The first-order chi connectivity index (χ1) is 18.1. The van der Waals surface area contributed by atoms with Crippen LogP contribution in [-0.4, -0.2) is 14.9 Å². The Labute approximate surface area is 209 Å². The van der Waals surface area contributed by atoms with E-state index < -0.39 is 34.4 Å². The lowest BCUT2D eigenvalue weighted by atomic mass is 9.99. The molecule has 0 aliphatic carbocycles. The van der Waals surface area contributed by atoms with Gasteiger partial charge in [-0.1, -0.05) is 17.3 Å². The predicted molar refractivity (Wildman–Crippen MR) is 128 cm³/mol. The Kier molecular flexibility index (Phi) is 5.09. The Morgan fingerprint density at radius 1 is 0.921 bits per heavy atom. The third-order valence-corrected chi connectivity index (χ3v) is 6.16. The summed E-state index contributed by atoms with van der Waals surface area (Å²) in [6.07, 6.45) is -3.65. The van der Waals surface area contributed by atoms with E-state index in [4.69, 9.17) is 10.3 Å². The van der Waals surface area contributed by atoms with Crippen molar-refractivity contribution in [3.05, 3.63) is 95.5 Å². The second-order valence-corrected chi connectivity index (χ2v) is 8.44. The van der Waals surface area contributed by atoms with Crippen LogP contribution >= 0.6 is 0 Å². The Morgan fingerprint density at radius 2 is 1.71 bits per heavy atom. The van der Waals surface area contributed by atoms with E-state index >= 15 is 8.78 Å². The predicted octanol–water partition coefficient (Wildman–Crippen LogP) is 6.01. The van der Waals surface area contributed by atoms with Gasteiger partial charge in [0.25, 0.3) is 0 Å². The van der Waals surface area contributed by atoms with Crippen molar-refractivity contribution in [3.63, 3.8) is 0 Å². The average molecular weight is 523 g/mol. The molecule has 0 atom stereocenters. The molecule has 0 bridgehead atoms. The summed E-state index contributed by atoms with van der Waals surface area (Å²) in [6, 6.07) is 14.6. The highest BCUT2D eigenvalue weighted by Gasteiger charge is 2.38. The van der Waals surface area contributed by atoms with Crippen LogP contribution in [0, 0.1) is 16.8 Å². The van der Waals surface area contributed by atoms with E-state index in [-0.39, 0.29) is 39.5 Å². The molecule has 7 nitrogen and oxygen atoms in total. The summed E-state index contributed by atoms with van der Waals surface area (Å²) >= 11 is 0. The standard InChI is InChI=1S/C26H14F5N5O2/c27-19-11-13(20-3-1-2-10-35(20)37)4-6-15(19)16-7-8-17-23(22(16)28)36(33-24(17)26(29,30)31)14-5-9-21-18(12-14)25(32)34-38-21/h1-12H,(H2,32,34). The number of nitrogens with two attached hydrogens (primary N) is 1. The van der Waals surface area contributed by atoms with Crippen molar-refractivity contribution in [1.82, 2.24) is 14.9 Å². The molecule has 0 aliphatic heterocycles. The van der Waals surface area contributed by atoms with E-state index in [9.17, 15) is 18.4 Å². The molecule has 0 amide bonds. The van der Waals surface area contributed by atoms with E-state index in [0.717, 1.165) is 22.9 Å². The summed E-state index contributed by atoms with van der Waals surface area (Å²) in [7, 11) is 0. The molecule has 0 aliphatic rings. The van der Waals surface area contributed by atoms with E-state index in [0.29, 0.717) is 10.1 Å². The van der Waals surface area contributed by atoms with Gasteiger partial charge in [0.15, 0.2) is 29.1 Å². The van der Waals surface area contributed by atoms with Gasteiger partial charge >= 0.3 is 6.18 Å². The van der Waals surface area contributed by atoms with Crippen LogP contribution in [0.1, 0.15) is 5.69 Å². The molecule has 38 heavy (non-hydrogen) atoms. The fourth-order valence-corrected chi connectivity index (χ4v) is 4.39. The van der Waals surface area contributed by atoms with Gasteiger partial charge in [-0.2, -0.15) is 23.0 Å². The SMILES string of the molecule is Nc1noc2ccc(-n3nc(C(F)(F)F)c4ccc(-c5ccc(-c6cccc[n+]6[O-])cc5F)c(F)c43)cc12. The monoisotopic (exact) mass is 523 g/mol. The van der Waals surface area contributed by atoms with Crippen LogP contribution in [0.15, 0.2) is 77.4 Å². The molecule has 0 spiro atoms. The first-order valence-electron chi connectivity index (χ1n) is 11.1. The minimum absolute atomic E-state index is 0.00417. The van der Waals surface area contributed by atoms with Crippen molar-refractivity contribution in [1.29, 1.82) is 0 Å². The van der Waals surface area contributed by atoms with E-state index in [2.05, 4.69) is 10.3 Å². The quantitative estimate of drug-likeness (QED) is 0.174. The zero-order valence-corrected chi connectivity index (χ0v) is 19.0. The molecule has 0 saturated heterocycles. The van der Waals surface area contributed by atoms with Crippen LogP contribution in [0.5, 0.6) is 0 Å². The van der Waals surface area contributed by atoms with Crippen LogP contribution in [0.2, 0.25) is 0 Å². The highest BCUT2D eigenvalue weighted by Crippen LogP contribution is 2.40. The van der Waals surface area contributed by atoms with Crippen molar-refractivity contribution >= 4 is 27.7 Å². The summed E-state index contributed by atoms with van der Waals surface area (Å²) in [4.78, 5) is 0. The van der Waals surface area contributed by atoms with E-state index in [1.165, 1.54) is 48.7 Å². The lowest BCUT2D eigenvalue weighted by Gasteiger charge is -2.10. The van der Waals surface area contributed by atoms with Crippen LogP contribution in [0.25, 0.3) is 49.9 Å². The fourth-order valence-electron chi connectivity index (χ4n) is 4.39. The molecule has 2 N–H and O–H groups in total. The summed E-state index contributed by atoms with van der Waals surface area (Å²) in [5, 5.41) is 19.1. The number of hydrogen-bond donors (Lipinski definition) is 1. The number of pyridine rings is 1. The molecule has 3 aromatic heterocycles. The number of fused-ring (bicyclic) bond motifs is 2. The fraction of sp³-hybridized carbons (Fsp3) is 0.0385. The maximum absolute atomic E-state index is 16.0. The molecule has 0 unspecified atom stereocenters. The normalized spacial score (nSPS) is 12.0. The largest absolute Gasteiger partial charge is 0.618 e. The Morgan fingerprint density at radius 3 is 2.45 bits per heavy atom. The van der Waals surface area contributed by atoms with Crippen LogP contribution in [0.3, 0.4) is 0 Å². The molecular weight excluding hydrogens is 509 g/mol. The topological polar surface area (TPSA) is 96.8 Å². The molecule has 0 saturated carbocycles. The van der Waals surface area contributed by atoms with Gasteiger partial charge in [-0.25, -0.2) is 13.5 Å². The molecule has 6 rings (SSSR count). The smallest absolute Gasteiger partial charge is 0.435 e. The van der Waals surface area contributed by atoms with Crippen LogP contribution < -0.4 is 10.5 Å². The van der Waals surface area contributed by atoms with Gasteiger partial charge < -0.3 is 15.5 Å².